The lowest BCUT2D eigenvalue weighted by molar-refractivity contribution is 0.373. The van der Waals surface area contributed by atoms with Gasteiger partial charge in [-0.15, -0.1) is 0 Å². The summed E-state index contributed by atoms with van der Waals surface area (Å²) in [6.45, 7) is 0.608. The third-order valence-corrected chi connectivity index (χ3v) is 6.92. The van der Waals surface area contributed by atoms with Crippen molar-refractivity contribution in [1.29, 1.82) is 0 Å². The van der Waals surface area contributed by atoms with Crippen molar-refractivity contribution in [2.75, 3.05) is 20.8 Å². The molecule has 1 unspecified atom stereocenters. The van der Waals surface area contributed by atoms with E-state index in [4.69, 9.17) is 14.5 Å². The van der Waals surface area contributed by atoms with Gasteiger partial charge in [0, 0.05) is 18.3 Å². The summed E-state index contributed by atoms with van der Waals surface area (Å²) in [5.41, 5.74) is 3.59. The van der Waals surface area contributed by atoms with Crippen molar-refractivity contribution in [3.05, 3.63) is 113 Å². The number of ether oxygens (including phenoxy) is 2. The van der Waals surface area contributed by atoms with Gasteiger partial charge in [0.15, 0.2) is 28.2 Å². The molecule has 8 heteroatoms. The van der Waals surface area contributed by atoms with Crippen LogP contribution in [-0.4, -0.2) is 41.3 Å². The van der Waals surface area contributed by atoms with Crippen molar-refractivity contribution in [2.45, 2.75) is 11.7 Å². The Morgan fingerprint density at radius 1 is 0.974 bits per heavy atom. The largest absolute Gasteiger partial charge is 0.508 e. The number of phenols is 2. The van der Waals surface area contributed by atoms with Crippen molar-refractivity contribution in [1.82, 2.24) is 5.32 Å². The highest BCUT2D eigenvalue weighted by atomic mass is 32.2. The van der Waals surface area contributed by atoms with Crippen molar-refractivity contribution < 1.29 is 24.8 Å². The lowest BCUT2D eigenvalue weighted by Gasteiger charge is -2.23. The Kier molecular flexibility index (Phi) is 9.00. The van der Waals surface area contributed by atoms with Gasteiger partial charge in [0.1, 0.15) is 5.76 Å². The number of nitrogens with zero attached hydrogens (tertiary/aromatic N) is 1. The van der Waals surface area contributed by atoms with Gasteiger partial charge in [-0.1, -0.05) is 60.3 Å². The van der Waals surface area contributed by atoms with Crippen molar-refractivity contribution >= 4 is 23.0 Å². The fourth-order valence-corrected chi connectivity index (χ4v) is 4.91. The normalized spacial score (nSPS) is 16.8. The molecule has 0 bridgehead atoms. The molecule has 0 amide bonds. The van der Waals surface area contributed by atoms with Gasteiger partial charge < -0.3 is 30.1 Å². The minimum atomic E-state index is -0.120. The van der Waals surface area contributed by atoms with Crippen LogP contribution in [0, 0.1) is 0 Å². The van der Waals surface area contributed by atoms with E-state index >= 15 is 0 Å². The van der Waals surface area contributed by atoms with Crippen LogP contribution in [0.25, 0.3) is 6.08 Å². The van der Waals surface area contributed by atoms with Crippen LogP contribution in [0.5, 0.6) is 23.0 Å². The highest BCUT2D eigenvalue weighted by molar-refractivity contribution is 8.14. The standard InChI is InChI=1S/C30H30N2O5S/c1-36-27-16-21(9-12-25(27)34)8-11-24(33)18-23-19-29(22-10-13-26(35)28(17-22)37-2)38-30(32-23)31-15-14-20-6-4-3-5-7-20/h3-13,16-19,29,33-35H,14-15H2,1-2H3,(H,31,32)/b11-8+,24-18-. The predicted molar refractivity (Wildman–Crippen MR) is 153 cm³/mol. The molecule has 4 N–H and O–H groups in total. The Morgan fingerprint density at radius 2 is 1.68 bits per heavy atom. The Labute approximate surface area is 226 Å². The van der Waals surface area contributed by atoms with Crippen LogP contribution in [0.3, 0.4) is 0 Å². The predicted octanol–water partition coefficient (Wildman–Crippen LogP) is 6.13. The van der Waals surface area contributed by atoms with Crippen LogP contribution in [0.4, 0.5) is 0 Å². The van der Waals surface area contributed by atoms with Crippen LogP contribution in [0.2, 0.25) is 0 Å². The minimum absolute atomic E-state index is 0.0355. The molecule has 0 saturated carbocycles. The molecule has 4 rings (SSSR count). The Balaban J connectivity index is 1.57. The zero-order chi connectivity index (χ0) is 26.9. The lowest BCUT2D eigenvalue weighted by Crippen LogP contribution is -2.25. The Morgan fingerprint density at radius 3 is 2.42 bits per heavy atom. The average Bonchev–Trinajstić information content (AvgIpc) is 2.93. The molecule has 0 saturated heterocycles. The average molecular weight is 531 g/mol. The molecule has 196 valence electrons. The molecule has 0 aliphatic carbocycles. The second-order valence-electron chi connectivity index (χ2n) is 8.47. The summed E-state index contributed by atoms with van der Waals surface area (Å²) in [5, 5.41) is 34.4. The maximum atomic E-state index is 10.6. The molecule has 38 heavy (non-hydrogen) atoms. The Bertz CT molecular complexity index is 1380. The minimum Gasteiger partial charge on any atom is -0.508 e. The molecular weight excluding hydrogens is 500 g/mol. The van der Waals surface area contributed by atoms with Gasteiger partial charge in [-0.25, -0.2) is 0 Å². The van der Waals surface area contributed by atoms with Gasteiger partial charge in [0.2, 0.25) is 0 Å². The number of benzene rings is 3. The molecule has 1 aliphatic rings. The van der Waals surface area contributed by atoms with E-state index in [-0.39, 0.29) is 22.5 Å². The molecular formula is C30H30N2O5S. The summed E-state index contributed by atoms with van der Waals surface area (Å²) in [6.07, 6.45) is 7.72. The fourth-order valence-electron chi connectivity index (χ4n) is 3.83. The number of hydrogen-bond donors (Lipinski definition) is 4. The number of rotatable bonds is 9. The van der Waals surface area contributed by atoms with E-state index in [9.17, 15) is 15.3 Å². The monoisotopic (exact) mass is 530 g/mol. The number of thioether (sulfide) groups is 1. The third-order valence-electron chi connectivity index (χ3n) is 5.81. The second-order valence-corrected chi connectivity index (χ2v) is 9.60. The van der Waals surface area contributed by atoms with Crippen LogP contribution >= 0.6 is 11.8 Å². The number of methoxy groups -OCH3 is 2. The van der Waals surface area contributed by atoms with E-state index in [0.29, 0.717) is 23.7 Å². The first-order chi connectivity index (χ1) is 18.4. The number of nitrogens with one attached hydrogen (secondary N) is 1. The van der Waals surface area contributed by atoms with Gasteiger partial charge in [-0.2, -0.15) is 0 Å². The molecule has 0 fully saturated rings. The highest BCUT2D eigenvalue weighted by Gasteiger charge is 2.21. The fraction of sp³-hybridized carbons (Fsp3) is 0.167. The number of aliphatic hydroxyl groups is 1. The first-order valence-electron chi connectivity index (χ1n) is 12.0. The number of amidine groups is 1. The van der Waals surface area contributed by atoms with Gasteiger partial charge in [-0.05, 0) is 59.5 Å². The molecule has 0 aromatic heterocycles. The summed E-state index contributed by atoms with van der Waals surface area (Å²) in [4.78, 5) is 4.77. The summed E-state index contributed by atoms with van der Waals surface area (Å²) in [7, 11) is 3.00. The van der Waals surface area contributed by atoms with Crippen LogP contribution in [0.1, 0.15) is 21.9 Å². The molecule has 0 radical (unpaired) electrons. The quantitative estimate of drug-likeness (QED) is 0.195. The number of aromatic hydroxyl groups is 2. The van der Waals surface area contributed by atoms with Gasteiger partial charge >= 0.3 is 0 Å². The number of hydrogen-bond acceptors (Lipinski definition) is 7. The van der Waals surface area contributed by atoms with Crippen LogP contribution < -0.4 is 14.8 Å². The van der Waals surface area contributed by atoms with E-state index in [1.165, 1.54) is 25.8 Å². The van der Waals surface area contributed by atoms with Gasteiger partial charge in [-0.3, -0.25) is 4.99 Å². The second kappa shape index (κ2) is 12.8. The molecule has 3 aromatic carbocycles. The molecule has 7 nitrogen and oxygen atoms in total. The molecule has 1 heterocycles. The summed E-state index contributed by atoms with van der Waals surface area (Å²) < 4.78 is 10.4. The van der Waals surface area contributed by atoms with Crippen molar-refractivity contribution in [3.8, 4) is 23.0 Å². The van der Waals surface area contributed by atoms with E-state index in [1.54, 1.807) is 54.3 Å². The van der Waals surface area contributed by atoms with E-state index in [0.717, 1.165) is 22.7 Å². The highest BCUT2D eigenvalue weighted by Crippen LogP contribution is 2.38. The molecule has 1 aliphatic heterocycles. The zero-order valence-corrected chi connectivity index (χ0v) is 22.0. The zero-order valence-electron chi connectivity index (χ0n) is 21.2. The van der Waals surface area contributed by atoms with Crippen molar-refractivity contribution in [3.63, 3.8) is 0 Å². The topological polar surface area (TPSA) is 104 Å². The number of phenolic OH excluding ortho intramolecular Hbond substituents is 2. The summed E-state index contributed by atoms with van der Waals surface area (Å²) >= 11 is 1.55. The maximum Gasteiger partial charge on any atom is 0.161 e. The first-order valence-corrected chi connectivity index (χ1v) is 12.9. The third kappa shape index (κ3) is 7.14. The smallest absolute Gasteiger partial charge is 0.161 e. The lowest BCUT2D eigenvalue weighted by atomic mass is 10.1. The van der Waals surface area contributed by atoms with E-state index in [1.807, 2.05) is 30.3 Å². The Hall–Kier alpha value is -4.30. The number of aliphatic hydroxyl groups excluding tert-OH is 1. The van der Waals surface area contributed by atoms with Gasteiger partial charge in [0.05, 0.1) is 19.5 Å². The van der Waals surface area contributed by atoms with E-state index in [2.05, 4.69) is 17.4 Å². The maximum absolute atomic E-state index is 10.6. The molecule has 3 aromatic rings. The first kappa shape index (κ1) is 26.8. The summed E-state index contributed by atoms with van der Waals surface area (Å²) in [6, 6.07) is 20.4. The van der Waals surface area contributed by atoms with E-state index < -0.39 is 0 Å². The number of aliphatic imine (C=N–C) groups is 1. The van der Waals surface area contributed by atoms with Gasteiger partial charge in [0.25, 0.3) is 0 Å². The van der Waals surface area contributed by atoms with Crippen molar-refractivity contribution in [2.24, 2.45) is 4.99 Å². The molecule has 1 atom stereocenters. The number of allylic oxidation sites excluding steroid dienone is 2. The van der Waals surface area contributed by atoms with Crippen LogP contribution in [-0.2, 0) is 6.42 Å². The summed E-state index contributed by atoms with van der Waals surface area (Å²) in [5.74, 6) is 0.908. The SMILES string of the molecule is COc1cc(/C=C/C(O)=C/C2=CC(c3ccc(O)c(OC)c3)SC(=NCCc3ccccc3)N2)ccc1O. The molecule has 0 spiro atoms. The van der Waals surface area contributed by atoms with Crippen LogP contribution in [0.15, 0.2) is 101 Å².